The van der Waals surface area contributed by atoms with E-state index in [0.29, 0.717) is 0 Å². The van der Waals surface area contributed by atoms with Crippen molar-refractivity contribution in [3.05, 3.63) is 0 Å². The lowest BCUT2D eigenvalue weighted by Crippen LogP contribution is -2.26. The third kappa shape index (κ3) is 2.45. The molecule has 0 amide bonds. The topological polar surface area (TPSA) is 94.8 Å². The molecule has 0 fully saturated rings. The Hall–Kier alpha value is -0.590. The van der Waals surface area contributed by atoms with Gasteiger partial charge in [-0.2, -0.15) is 0 Å². The van der Waals surface area contributed by atoms with Crippen molar-refractivity contribution in [2.45, 2.75) is 6.10 Å². The zero-order chi connectivity index (χ0) is 7.44. The van der Waals surface area contributed by atoms with Crippen LogP contribution in [0.25, 0.3) is 0 Å². The number of carbonyl (C=O) groups is 2. The number of carboxylic acids is 1. The van der Waals surface area contributed by atoms with Crippen LogP contribution in [-0.2, 0) is 9.59 Å². The van der Waals surface area contributed by atoms with Crippen LogP contribution >= 0.6 is 12.0 Å². The van der Waals surface area contributed by atoms with Gasteiger partial charge in [-0.1, -0.05) is 0 Å². The molecule has 52 valence electrons. The SMILES string of the molecule is O=C(O)C(O)C(=O)SO. The van der Waals surface area contributed by atoms with Gasteiger partial charge in [0.1, 0.15) is 0 Å². The predicted molar refractivity (Wildman–Crippen MR) is 28.9 cm³/mol. The maximum absolute atomic E-state index is 10.0. The number of aliphatic hydroxyl groups excluding tert-OH is 1. The predicted octanol–water partition coefficient (Wildman–Crippen LogP) is -0.835. The number of hydrogen-bond acceptors (Lipinski definition) is 5. The van der Waals surface area contributed by atoms with Crippen LogP contribution in [0.5, 0.6) is 0 Å². The molecule has 0 spiro atoms. The number of aliphatic hydroxyl groups is 1. The van der Waals surface area contributed by atoms with Crippen molar-refractivity contribution in [2.24, 2.45) is 0 Å². The zero-order valence-electron chi connectivity index (χ0n) is 4.14. The molecule has 0 aromatic carbocycles. The molecular formula is C3H4O5S. The summed E-state index contributed by atoms with van der Waals surface area (Å²) in [6.07, 6.45) is -2.12. The van der Waals surface area contributed by atoms with E-state index in [4.69, 9.17) is 14.8 Å². The average molecular weight is 152 g/mol. The Bertz CT molecular complexity index is 132. The van der Waals surface area contributed by atoms with Gasteiger partial charge in [0.2, 0.25) is 6.10 Å². The zero-order valence-corrected chi connectivity index (χ0v) is 4.96. The summed E-state index contributed by atoms with van der Waals surface area (Å²) in [6.45, 7) is 0. The van der Waals surface area contributed by atoms with E-state index < -0.39 is 17.2 Å². The highest BCUT2D eigenvalue weighted by molar-refractivity contribution is 8.08. The molecule has 9 heavy (non-hydrogen) atoms. The van der Waals surface area contributed by atoms with E-state index in [1.807, 2.05) is 0 Å². The number of carboxylic acid groups (broad SMARTS) is 1. The second-order valence-electron chi connectivity index (χ2n) is 1.15. The fourth-order valence-electron chi connectivity index (χ4n) is 0.151. The molecule has 0 aromatic heterocycles. The van der Waals surface area contributed by atoms with Crippen molar-refractivity contribution < 1.29 is 24.4 Å². The minimum Gasteiger partial charge on any atom is -0.479 e. The molecule has 0 bridgehead atoms. The fraction of sp³-hybridized carbons (Fsp3) is 0.333. The summed E-state index contributed by atoms with van der Waals surface area (Å²) < 4.78 is 7.90. The van der Waals surface area contributed by atoms with Crippen LogP contribution < -0.4 is 0 Å². The second-order valence-corrected chi connectivity index (χ2v) is 1.74. The minimum atomic E-state index is -2.12. The first kappa shape index (κ1) is 8.41. The van der Waals surface area contributed by atoms with Crippen LogP contribution in [0.15, 0.2) is 0 Å². The lowest BCUT2D eigenvalue weighted by molar-refractivity contribution is -0.149. The molecule has 0 saturated heterocycles. The van der Waals surface area contributed by atoms with Crippen LogP contribution in [0, 0.1) is 0 Å². The Morgan fingerprint density at radius 3 is 2.00 bits per heavy atom. The summed E-state index contributed by atoms with van der Waals surface area (Å²) in [5, 5.41) is 15.0. The average Bonchev–Trinajstić information content (AvgIpc) is 1.84. The van der Waals surface area contributed by atoms with E-state index in [1.54, 1.807) is 0 Å². The summed E-state index contributed by atoms with van der Waals surface area (Å²) in [7, 11) is 0. The first-order valence-electron chi connectivity index (χ1n) is 1.85. The lowest BCUT2D eigenvalue weighted by atomic mass is 10.4. The Balaban J connectivity index is 3.88. The molecule has 1 atom stereocenters. The van der Waals surface area contributed by atoms with Crippen LogP contribution in [0.1, 0.15) is 0 Å². The van der Waals surface area contributed by atoms with Crippen molar-refractivity contribution in [3.63, 3.8) is 0 Å². The Morgan fingerprint density at radius 2 is 1.89 bits per heavy atom. The number of rotatable bonds is 2. The van der Waals surface area contributed by atoms with Crippen molar-refractivity contribution in [1.82, 2.24) is 0 Å². The first-order chi connectivity index (χ1) is 4.09. The van der Waals surface area contributed by atoms with Crippen molar-refractivity contribution in [3.8, 4) is 0 Å². The highest BCUT2D eigenvalue weighted by atomic mass is 32.2. The maximum atomic E-state index is 10.0. The fourth-order valence-corrected chi connectivity index (χ4v) is 0.351. The van der Waals surface area contributed by atoms with Crippen LogP contribution in [0.3, 0.4) is 0 Å². The van der Waals surface area contributed by atoms with Gasteiger partial charge in [-0.05, 0) is 0 Å². The van der Waals surface area contributed by atoms with Crippen molar-refractivity contribution in [2.75, 3.05) is 0 Å². The van der Waals surface area contributed by atoms with Crippen LogP contribution in [0.2, 0.25) is 0 Å². The van der Waals surface area contributed by atoms with Gasteiger partial charge in [-0.15, -0.1) is 0 Å². The van der Waals surface area contributed by atoms with E-state index in [9.17, 15) is 9.59 Å². The number of carbonyl (C=O) groups excluding carboxylic acids is 1. The first-order valence-corrected chi connectivity index (χ1v) is 2.63. The summed E-state index contributed by atoms with van der Waals surface area (Å²) in [4.78, 5) is 19.7. The van der Waals surface area contributed by atoms with Gasteiger partial charge in [-0.25, -0.2) is 4.79 Å². The highest BCUT2D eigenvalue weighted by Gasteiger charge is 2.22. The van der Waals surface area contributed by atoms with Crippen molar-refractivity contribution >= 4 is 23.1 Å². The van der Waals surface area contributed by atoms with Gasteiger partial charge in [0.25, 0.3) is 5.12 Å². The molecule has 6 heteroatoms. The normalized spacial score (nSPS) is 12.7. The van der Waals surface area contributed by atoms with Crippen LogP contribution in [-0.4, -0.2) is 32.0 Å². The van der Waals surface area contributed by atoms with Gasteiger partial charge < -0.3 is 14.8 Å². The van der Waals surface area contributed by atoms with E-state index in [1.165, 1.54) is 0 Å². The summed E-state index contributed by atoms with van der Waals surface area (Å²) in [5.41, 5.74) is 0. The summed E-state index contributed by atoms with van der Waals surface area (Å²) in [5.74, 6) is -1.67. The van der Waals surface area contributed by atoms with Gasteiger partial charge in [-0.3, -0.25) is 4.79 Å². The molecule has 0 heterocycles. The largest absolute Gasteiger partial charge is 0.479 e. The molecule has 0 aliphatic rings. The van der Waals surface area contributed by atoms with Gasteiger partial charge >= 0.3 is 5.97 Å². The van der Waals surface area contributed by atoms with E-state index in [-0.39, 0.29) is 12.0 Å². The molecule has 5 nitrogen and oxygen atoms in total. The Kier molecular flexibility index (Phi) is 3.21. The molecule has 0 aromatic rings. The third-order valence-electron chi connectivity index (χ3n) is 0.547. The molecular weight excluding hydrogens is 148 g/mol. The lowest BCUT2D eigenvalue weighted by Gasteiger charge is -1.97. The summed E-state index contributed by atoms with van der Waals surface area (Å²) in [6, 6.07) is 0. The van der Waals surface area contributed by atoms with E-state index in [2.05, 4.69) is 0 Å². The molecule has 1 unspecified atom stereocenters. The molecule has 0 aliphatic carbocycles. The number of aliphatic carboxylic acids is 1. The van der Waals surface area contributed by atoms with Gasteiger partial charge in [0.15, 0.2) is 0 Å². The Morgan fingerprint density at radius 1 is 1.44 bits per heavy atom. The quantitative estimate of drug-likeness (QED) is 0.353. The Labute approximate surface area is 54.5 Å². The smallest absolute Gasteiger partial charge is 0.341 e. The molecule has 0 radical (unpaired) electrons. The molecule has 3 N–H and O–H groups in total. The second kappa shape index (κ2) is 3.44. The maximum Gasteiger partial charge on any atom is 0.341 e. The van der Waals surface area contributed by atoms with E-state index >= 15 is 0 Å². The minimum absolute atomic E-state index is 0.309. The van der Waals surface area contributed by atoms with Gasteiger partial charge in [0.05, 0.1) is 12.0 Å². The van der Waals surface area contributed by atoms with Gasteiger partial charge in [0, 0.05) is 0 Å². The molecule has 0 saturated carbocycles. The van der Waals surface area contributed by atoms with E-state index in [0.717, 1.165) is 0 Å². The molecule has 0 rings (SSSR count). The van der Waals surface area contributed by atoms with Crippen LogP contribution in [0.4, 0.5) is 0 Å². The molecule has 0 aliphatic heterocycles. The van der Waals surface area contributed by atoms with Crippen molar-refractivity contribution in [1.29, 1.82) is 0 Å². The third-order valence-corrected chi connectivity index (χ3v) is 0.950. The number of hydrogen-bond donors (Lipinski definition) is 3. The summed E-state index contributed by atoms with van der Waals surface area (Å²) >= 11 is -0.309. The highest BCUT2D eigenvalue weighted by Crippen LogP contribution is 1.98. The standard InChI is InChI=1S/C3H4O5S/c4-1(2(5)6)3(7)9-8/h1,4,8H,(H,5,6). The monoisotopic (exact) mass is 152 g/mol.